The molecule has 0 fully saturated rings. The van der Waals surface area contributed by atoms with Crippen LogP contribution in [0, 0.1) is 0 Å². The maximum Gasteiger partial charge on any atom is 0.264 e. The van der Waals surface area contributed by atoms with Crippen LogP contribution >= 0.6 is 0 Å². The average molecular weight is 321 g/mol. The van der Waals surface area contributed by atoms with Crippen molar-refractivity contribution in [1.29, 1.82) is 0 Å². The van der Waals surface area contributed by atoms with E-state index in [9.17, 15) is 8.42 Å². The zero-order valence-electron chi connectivity index (χ0n) is 12.4. The number of fused-ring (bicyclic) bond motifs is 1. The van der Waals surface area contributed by atoms with E-state index in [-0.39, 0.29) is 11.4 Å². The SMILES string of the molecule is C=C/C=C(\C=C/COC)S(=O)(=O)N1CCOc2ccccc21. The maximum atomic E-state index is 12.9. The van der Waals surface area contributed by atoms with Crippen LogP contribution in [0.4, 0.5) is 5.69 Å². The summed E-state index contributed by atoms with van der Waals surface area (Å²) in [5.74, 6) is 0.566. The first-order chi connectivity index (χ1) is 10.6. The van der Waals surface area contributed by atoms with E-state index in [4.69, 9.17) is 9.47 Å². The third-order valence-electron chi connectivity index (χ3n) is 3.10. The van der Waals surface area contributed by atoms with Crippen LogP contribution in [0.5, 0.6) is 5.75 Å². The van der Waals surface area contributed by atoms with Crippen LogP contribution in [0.2, 0.25) is 0 Å². The standard InChI is InChI=1S/C16H19NO4S/c1-3-7-14(8-6-12-20-2)22(18,19)17-11-13-21-16-10-5-4-9-15(16)17/h3-10H,1,11-13H2,2H3/b8-6-,14-7+. The van der Waals surface area contributed by atoms with Crippen molar-refractivity contribution in [2.75, 3.05) is 31.2 Å². The van der Waals surface area contributed by atoms with Crippen LogP contribution in [0.1, 0.15) is 0 Å². The molecule has 6 heteroatoms. The molecule has 1 aliphatic rings. The number of hydrogen-bond acceptors (Lipinski definition) is 4. The van der Waals surface area contributed by atoms with Crippen LogP contribution in [0.3, 0.4) is 0 Å². The highest BCUT2D eigenvalue weighted by Gasteiger charge is 2.30. The van der Waals surface area contributed by atoms with Crippen molar-refractivity contribution in [1.82, 2.24) is 0 Å². The van der Waals surface area contributed by atoms with Gasteiger partial charge < -0.3 is 9.47 Å². The number of para-hydroxylation sites is 2. The van der Waals surface area contributed by atoms with E-state index in [1.54, 1.807) is 31.4 Å². The van der Waals surface area contributed by atoms with Gasteiger partial charge in [-0.05, 0) is 24.3 Å². The summed E-state index contributed by atoms with van der Waals surface area (Å²) in [6.45, 7) is 4.51. The summed E-state index contributed by atoms with van der Waals surface area (Å²) < 4.78 is 37.6. The van der Waals surface area contributed by atoms with Crippen molar-refractivity contribution in [2.24, 2.45) is 0 Å². The Morgan fingerprint density at radius 2 is 2.23 bits per heavy atom. The smallest absolute Gasteiger partial charge is 0.264 e. The van der Waals surface area contributed by atoms with Crippen molar-refractivity contribution >= 4 is 15.7 Å². The van der Waals surface area contributed by atoms with Crippen molar-refractivity contribution in [3.05, 3.63) is 60.1 Å². The summed E-state index contributed by atoms with van der Waals surface area (Å²) in [6, 6.07) is 7.09. The first-order valence-electron chi connectivity index (χ1n) is 6.84. The lowest BCUT2D eigenvalue weighted by molar-refractivity contribution is 0.234. The molecule has 1 aromatic carbocycles. The van der Waals surface area contributed by atoms with Crippen LogP contribution in [-0.2, 0) is 14.8 Å². The molecule has 1 heterocycles. The van der Waals surface area contributed by atoms with Crippen LogP contribution in [0.15, 0.2) is 60.1 Å². The summed E-state index contributed by atoms with van der Waals surface area (Å²) in [7, 11) is -2.13. The molecule has 0 aliphatic carbocycles. The number of allylic oxidation sites excluding steroid dienone is 3. The molecule has 0 spiro atoms. The fraction of sp³-hybridized carbons (Fsp3) is 0.250. The summed E-state index contributed by atoms with van der Waals surface area (Å²) in [6.07, 6.45) is 6.10. The molecule has 22 heavy (non-hydrogen) atoms. The normalized spacial score (nSPS) is 15.5. The Balaban J connectivity index is 2.41. The van der Waals surface area contributed by atoms with Gasteiger partial charge in [0.15, 0.2) is 0 Å². The van der Waals surface area contributed by atoms with Crippen molar-refractivity contribution in [3.8, 4) is 5.75 Å². The Kier molecular flexibility index (Phi) is 5.41. The van der Waals surface area contributed by atoms with Gasteiger partial charge in [-0.2, -0.15) is 0 Å². The maximum absolute atomic E-state index is 12.9. The second kappa shape index (κ2) is 7.29. The largest absolute Gasteiger partial charge is 0.489 e. The molecule has 0 radical (unpaired) electrons. The molecule has 0 unspecified atom stereocenters. The van der Waals surface area contributed by atoms with Gasteiger partial charge in [0.25, 0.3) is 10.0 Å². The zero-order chi connectivity index (χ0) is 16.0. The fourth-order valence-corrected chi connectivity index (χ4v) is 3.64. The van der Waals surface area contributed by atoms with Crippen LogP contribution in [0.25, 0.3) is 0 Å². The number of benzene rings is 1. The number of ether oxygens (including phenoxy) is 2. The van der Waals surface area contributed by atoms with E-state index in [1.807, 2.05) is 6.07 Å². The lowest BCUT2D eigenvalue weighted by atomic mass is 10.2. The molecule has 0 aromatic heterocycles. The van der Waals surface area contributed by atoms with E-state index in [0.29, 0.717) is 24.7 Å². The molecule has 0 atom stereocenters. The molecule has 1 aromatic rings. The van der Waals surface area contributed by atoms with E-state index in [1.165, 1.54) is 22.5 Å². The van der Waals surface area contributed by atoms with Gasteiger partial charge in [0, 0.05) is 7.11 Å². The highest BCUT2D eigenvalue weighted by atomic mass is 32.2. The summed E-state index contributed by atoms with van der Waals surface area (Å²) in [4.78, 5) is 0.163. The second-order valence-corrected chi connectivity index (χ2v) is 6.42. The second-order valence-electron chi connectivity index (χ2n) is 4.56. The van der Waals surface area contributed by atoms with Crippen LogP contribution < -0.4 is 9.04 Å². The first-order valence-corrected chi connectivity index (χ1v) is 8.28. The minimum atomic E-state index is -3.68. The topological polar surface area (TPSA) is 55.8 Å². The molecule has 5 nitrogen and oxygen atoms in total. The summed E-state index contributed by atoms with van der Waals surface area (Å²) in [5.41, 5.74) is 0.545. The lowest BCUT2D eigenvalue weighted by Gasteiger charge is -2.30. The van der Waals surface area contributed by atoms with Crippen molar-refractivity contribution in [2.45, 2.75) is 0 Å². The summed E-state index contributed by atoms with van der Waals surface area (Å²) >= 11 is 0. The minimum Gasteiger partial charge on any atom is -0.489 e. The number of sulfonamides is 1. The molecule has 2 rings (SSSR count). The Hall–Kier alpha value is -2.05. The molecule has 118 valence electrons. The van der Waals surface area contributed by atoms with Gasteiger partial charge in [0.05, 0.1) is 23.7 Å². The van der Waals surface area contributed by atoms with E-state index in [2.05, 4.69) is 6.58 Å². The zero-order valence-corrected chi connectivity index (χ0v) is 13.3. The predicted octanol–water partition coefficient (Wildman–Crippen LogP) is 2.49. The average Bonchev–Trinajstić information content (AvgIpc) is 2.53. The molecule has 0 bridgehead atoms. The first kappa shape index (κ1) is 16.3. The number of rotatable bonds is 6. The van der Waals surface area contributed by atoms with Gasteiger partial charge in [0.2, 0.25) is 0 Å². The molecule has 0 amide bonds. The summed E-state index contributed by atoms with van der Waals surface area (Å²) in [5, 5.41) is 0. The number of nitrogens with zero attached hydrogens (tertiary/aromatic N) is 1. The van der Waals surface area contributed by atoms with Gasteiger partial charge in [-0.25, -0.2) is 8.42 Å². The van der Waals surface area contributed by atoms with Crippen molar-refractivity contribution in [3.63, 3.8) is 0 Å². The number of methoxy groups -OCH3 is 1. The Morgan fingerprint density at radius 3 is 2.95 bits per heavy atom. The van der Waals surface area contributed by atoms with E-state index < -0.39 is 10.0 Å². The molecule has 0 saturated heterocycles. The van der Waals surface area contributed by atoms with Gasteiger partial charge in [0.1, 0.15) is 12.4 Å². The monoisotopic (exact) mass is 321 g/mol. The predicted molar refractivity (Wildman–Crippen MR) is 87.5 cm³/mol. The van der Waals surface area contributed by atoms with E-state index >= 15 is 0 Å². The van der Waals surface area contributed by atoms with Gasteiger partial charge in [-0.1, -0.05) is 30.9 Å². The molecule has 0 saturated carbocycles. The highest BCUT2D eigenvalue weighted by Crippen LogP contribution is 2.34. The number of anilines is 1. The van der Waals surface area contributed by atoms with Gasteiger partial charge in [-0.3, -0.25) is 4.31 Å². The lowest BCUT2D eigenvalue weighted by Crippen LogP contribution is -2.38. The van der Waals surface area contributed by atoms with Gasteiger partial charge in [-0.15, -0.1) is 0 Å². The molecular formula is C16H19NO4S. The third-order valence-corrected chi connectivity index (χ3v) is 4.93. The van der Waals surface area contributed by atoms with Gasteiger partial charge >= 0.3 is 0 Å². The minimum absolute atomic E-state index is 0.163. The number of hydrogen-bond donors (Lipinski definition) is 0. The van der Waals surface area contributed by atoms with Crippen LogP contribution in [-0.4, -0.2) is 35.3 Å². The fourth-order valence-electron chi connectivity index (χ4n) is 2.13. The Labute approximate surface area is 131 Å². The molecular weight excluding hydrogens is 302 g/mol. The van der Waals surface area contributed by atoms with Crippen molar-refractivity contribution < 1.29 is 17.9 Å². The van der Waals surface area contributed by atoms with E-state index in [0.717, 1.165) is 0 Å². The quantitative estimate of drug-likeness (QED) is 0.755. The Bertz CT molecular complexity index is 692. The highest BCUT2D eigenvalue weighted by molar-refractivity contribution is 7.96. The molecule has 1 aliphatic heterocycles. The Morgan fingerprint density at radius 1 is 1.45 bits per heavy atom. The third kappa shape index (κ3) is 3.40. The molecule has 0 N–H and O–H groups in total.